The van der Waals surface area contributed by atoms with E-state index in [4.69, 9.17) is 5.73 Å². The number of aromatic nitrogens is 1. The van der Waals surface area contributed by atoms with Crippen LogP contribution in [-0.2, 0) is 0 Å². The number of thiazole rings is 1. The Balaban J connectivity index is 2.37. The van der Waals surface area contributed by atoms with Crippen molar-refractivity contribution < 1.29 is 9.59 Å². The Hall–Kier alpha value is -2.01. The van der Waals surface area contributed by atoms with E-state index in [1.165, 1.54) is 18.3 Å². The molecule has 0 aliphatic heterocycles. The molecule has 2 aromatic rings. The minimum Gasteiger partial charge on any atom is -0.383 e. The van der Waals surface area contributed by atoms with Crippen LogP contribution in [0.3, 0.4) is 0 Å². The maximum atomic E-state index is 12.0. The first kappa shape index (κ1) is 11.5. The van der Waals surface area contributed by atoms with Crippen LogP contribution < -0.4 is 5.73 Å². The van der Waals surface area contributed by atoms with Gasteiger partial charge in [-0.2, -0.15) is 0 Å². The second-order valence-electron chi connectivity index (χ2n) is 3.54. The number of ketones is 2. The van der Waals surface area contributed by atoms with Gasteiger partial charge in [-0.25, -0.2) is 4.98 Å². The summed E-state index contributed by atoms with van der Waals surface area (Å²) in [6.45, 7) is 1.46. The predicted molar refractivity (Wildman–Crippen MR) is 66.4 cm³/mol. The lowest BCUT2D eigenvalue weighted by atomic mass is 10.1. The molecule has 2 rings (SSSR count). The van der Waals surface area contributed by atoms with Gasteiger partial charge in [0.2, 0.25) is 5.78 Å². The van der Waals surface area contributed by atoms with Crippen LogP contribution in [-0.4, -0.2) is 16.6 Å². The quantitative estimate of drug-likeness (QED) is 0.842. The first-order valence-electron chi connectivity index (χ1n) is 4.94. The zero-order valence-corrected chi connectivity index (χ0v) is 9.95. The van der Waals surface area contributed by atoms with Crippen molar-refractivity contribution in [3.63, 3.8) is 0 Å². The molecule has 0 spiro atoms. The number of benzene rings is 1. The number of nitrogens with two attached hydrogens (primary N) is 1. The smallest absolute Gasteiger partial charge is 0.221 e. The van der Waals surface area contributed by atoms with Crippen LogP contribution in [0.2, 0.25) is 0 Å². The summed E-state index contributed by atoms with van der Waals surface area (Å²) in [5.41, 5.74) is 6.43. The Morgan fingerprint density at radius 1 is 1.29 bits per heavy atom. The maximum absolute atomic E-state index is 12.0. The van der Waals surface area contributed by atoms with E-state index < -0.39 is 0 Å². The summed E-state index contributed by atoms with van der Waals surface area (Å²) in [4.78, 5) is 27.2. The molecule has 0 radical (unpaired) electrons. The standard InChI is InChI=1S/C12H10N2O2S/c1-7(15)8-3-2-4-9(5-8)11(16)12-14-10(13)6-17-12/h2-6H,13H2,1H3. The molecule has 0 aliphatic rings. The van der Waals surface area contributed by atoms with Gasteiger partial charge in [0.25, 0.3) is 0 Å². The van der Waals surface area contributed by atoms with Gasteiger partial charge in [0.15, 0.2) is 10.8 Å². The van der Waals surface area contributed by atoms with Crippen LogP contribution in [0.1, 0.15) is 32.6 Å². The van der Waals surface area contributed by atoms with E-state index in [1.54, 1.807) is 29.6 Å². The molecule has 0 aliphatic carbocycles. The van der Waals surface area contributed by atoms with E-state index in [9.17, 15) is 9.59 Å². The molecule has 0 saturated carbocycles. The lowest BCUT2D eigenvalue weighted by Gasteiger charge is -1.99. The number of rotatable bonds is 3. The van der Waals surface area contributed by atoms with Gasteiger partial charge in [-0.3, -0.25) is 9.59 Å². The van der Waals surface area contributed by atoms with Gasteiger partial charge < -0.3 is 5.73 Å². The molecular formula is C12H10N2O2S. The van der Waals surface area contributed by atoms with Crippen molar-refractivity contribution in [3.8, 4) is 0 Å². The molecule has 1 aromatic heterocycles. The molecule has 0 fully saturated rings. The lowest BCUT2D eigenvalue weighted by Crippen LogP contribution is -2.03. The molecule has 5 heteroatoms. The summed E-state index contributed by atoms with van der Waals surface area (Å²) in [6, 6.07) is 6.59. The Morgan fingerprint density at radius 3 is 2.59 bits per heavy atom. The first-order valence-corrected chi connectivity index (χ1v) is 5.82. The fraction of sp³-hybridized carbons (Fsp3) is 0.0833. The van der Waals surface area contributed by atoms with Crippen LogP contribution in [0.4, 0.5) is 5.82 Å². The van der Waals surface area contributed by atoms with Gasteiger partial charge in [-0.1, -0.05) is 18.2 Å². The molecule has 2 N–H and O–H groups in total. The highest BCUT2D eigenvalue weighted by molar-refractivity contribution is 7.12. The zero-order chi connectivity index (χ0) is 12.4. The zero-order valence-electron chi connectivity index (χ0n) is 9.14. The number of Topliss-reactive ketones (excluding diaryl/α,β-unsaturated/α-hetero) is 1. The molecule has 17 heavy (non-hydrogen) atoms. The summed E-state index contributed by atoms with van der Waals surface area (Å²) in [6.07, 6.45) is 0. The number of anilines is 1. The third kappa shape index (κ3) is 2.39. The molecule has 0 amide bonds. The number of hydrogen-bond acceptors (Lipinski definition) is 5. The average molecular weight is 246 g/mol. The summed E-state index contributed by atoms with van der Waals surface area (Å²) in [5.74, 6) is 0.0502. The van der Waals surface area contributed by atoms with Gasteiger partial charge in [-0.05, 0) is 13.0 Å². The van der Waals surface area contributed by atoms with Crippen LogP contribution in [0.15, 0.2) is 29.6 Å². The van der Waals surface area contributed by atoms with Crippen molar-refractivity contribution in [1.29, 1.82) is 0 Å². The maximum Gasteiger partial charge on any atom is 0.221 e. The molecule has 86 valence electrons. The predicted octanol–water partition coefficient (Wildman–Crippen LogP) is 2.16. The van der Waals surface area contributed by atoms with Crippen molar-refractivity contribution in [3.05, 3.63) is 45.8 Å². The van der Waals surface area contributed by atoms with Gasteiger partial charge in [0, 0.05) is 16.5 Å². The minimum atomic E-state index is -0.213. The third-order valence-corrected chi connectivity index (χ3v) is 3.11. The van der Waals surface area contributed by atoms with E-state index in [2.05, 4.69) is 4.98 Å². The van der Waals surface area contributed by atoms with E-state index in [1.807, 2.05) is 0 Å². The van der Waals surface area contributed by atoms with Crippen LogP contribution in [0.5, 0.6) is 0 Å². The molecule has 4 nitrogen and oxygen atoms in total. The Bertz CT molecular complexity index is 590. The summed E-state index contributed by atoms with van der Waals surface area (Å²) >= 11 is 1.20. The highest BCUT2D eigenvalue weighted by atomic mass is 32.1. The van der Waals surface area contributed by atoms with Crippen LogP contribution >= 0.6 is 11.3 Å². The van der Waals surface area contributed by atoms with Crippen molar-refractivity contribution in [2.75, 3.05) is 5.73 Å². The van der Waals surface area contributed by atoms with E-state index in [0.29, 0.717) is 22.0 Å². The molecule has 1 aromatic carbocycles. The van der Waals surface area contributed by atoms with Gasteiger partial charge in [0.05, 0.1) is 0 Å². The van der Waals surface area contributed by atoms with Gasteiger partial charge in [-0.15, -0.1) is 11.3 Å². The Kier molecular flexibility index (Phi) is 3.01. The normalized spacial score (nSPS) is 10.2. The number of carbonyl (C=O) groups excluding carboxylic acids is 2. The first-order chi connectivity index (χ1) is 8.08. The fourth-order valence-electron chi connectivity index (χ4n) is 1.39. The molecule has 0 atom stereocenters. The summed E-state index contributed by atoms with van der Waals surface area (Å²) in [7, 11) is 0. The van der Waals surface area contributed by atoms with Crippen LogP contribution in [0.25, 0.3) is 0 Å². The number of carbonyl (C=O) groups is 2. The Labute approximate surface area is 102 Å². The van der Waals surface area contributed by atoms with Gasteiger partial charge in [0.1, 0.15) is 5.82 Å². The van der Waals surface area contributed by atoms with E-state index in [0.717, 1.165) is 0 Å². The molecular weight excluding hydrogens is 236 g/mol. The number of nitrogens with zero attached hydrogens (tertiary/aromatic N) is 1. The van der Waals surface area contributed by atoms with E-state index in [-0.39, 0.29) is 11.6 Å². The molecule has 0 saturated heterocycles. The summed E-state index contributed by atoms with van der Waals surface area (Å²) in [5, 5.41) is 1.95. The molecule has 0 unspecified atom stereocenters. The average Bonchev–Trinajstić information content (AvgIpc) is 2.75. The van der Waals surface area contributed by atoms with Crippen molar-refractivity contribution in [2.45, 2.75) is 6.92 Å². The second-order valence-corrected chi connectivity index (χ2v) is 4.40. The Morgan fingerprint density at radius 2 is 2.00 bits per heavy atom. The molecule has 0 bridgehead atoms. The summed E-state index contributed by atoms with van der Waals surface area (Å²) < 4.78 is 0. The fourth-order valence-corrected chi connectivity index (χ4v) is 2.06. The molecule has 1 heterocycles. The number of nitrogen functional groups attached to an aromatic ring is 1. The topological polar surface area (TPSA) is 73.0 Å². The highest BCUT2D eigenvalue weighted by Gasteiger charge is 2.13. The van der Waals surface area contributed by atoms with Crippen molar-refractivity contribution >= 4 is 28.7 Å². The van der Waals surface area contributed by atoms with Crippen molar-refractivity contribution in [1.82, 2.24) is 4.98 Å². The van der Waals surface area contributed by atoms with Crippen LogP contribution in [0, 0.1) is 0 Å². The SMILES string of the molecule is CC(=O)c1cccc(C(=O)c2nc(N)cs2)c1. The van der Waals surface area contributed by atoms with E-state index >= 15 is 0 Å². The third-order valence-electron chi connectivity index (χ3n) is 2.25. The van der Waals surface area contributed by atoms with Gasteiger partial charge >= 0.3 is 0 Å². The lowest BCUT2D eigenvalue weighted by molar-refractivity contribution is 0.101. The number of hydrogen-bond donors (Lipinski definition) is 1. The second kappa shape index (κ2) is 4.47. The minimum absolute atomic E-state index is 0.0710. The highest BCUT2D eigenvalue weighted by Crippen LogP contribution is 2.17. The monoisotopic (exact) mass is 246 g/mol. The largest absolute Gasteiger partial charge is 0.383 e. The van der Waals surface area contributed by atoms with Crippen molar-refractivity contribution in [2.24, 2.45) is 0 Å².